The summed E-state index contributed by atoms with van der Waals surface area (Å²) < 4.78 is 4.94. The van der Waals surface area contributed by atoms with E-state index in [0.717, 1.165) is 17.8 Å². The van der Waals surface area contributed by atoms with Crippen molar-refractivity contribution in [1.82, 2.24) is 10.2 Å². The molecule has 1 aliphatic heterocycles. The van der Waals surface area contributed by atoms with Gasteiger partial charge in [0.15, 0.2) is 0 Å². The number of methoxy groups -OCH3 is 1. The smallest absolute Gasteiger partial charge is 0.345 e. The number of carboxylic acids is 1. The van der Waals surface area contributed by atoms with Crippen LogP contribution in [0.15, 0.2) is 12.1 Å². The molecular weight excluding hydrogens is 332 g/mol. The Morgan fingerprint density at radius 2 is 1.96 bits per heavy atom. The zero-order valence-electron chi connectivity index (χ0n) is 13.6. The summed E-state index contributed by atoms with van der Waals surface area (Å²) in [6.45, 7) is 2.23. The third-order valence-electron chi connectivity index (χ3n) is 4.00. The predicted molar refractivity (Wildman–Crippen MR) is 89.4 cm³/mol. The number of hydrogen-bond donors (Lipinski definition) is 2. The van der Waals surface area contributed by atoms with Gasteiger partial charge in [-0.1, -0.05) is 0 Å². The molecule has 1 aromatic heterocycles. The van der Waals surface area contributed by atoms with Crippen molar-refractivity contribution in [3.8, 4) is 0 Å². The average Bonchev–Trinajstić information content (AvgIpc) is 3.08. The summed E-state index contributed by atoms with van der Waals surface area (Å²) >= 11 is 0.984. The maximum atomic E-state index is 12.4. The number of amides is 2. The number of nitrogens with zero attached hydrogens (tertiary/aromatic N) is 1. The maximum Gasteiger partial charge on any atom is 0.345 e. The van der Waals surface area contributed by atoms with Gasteiger partial charge in [-0.15, -0.1) is 11.3 Å². The Balaban J connectivity index is 1.80. The number of carbonyl (C=O) groups is 3. The van der Waals surface area contributed by atoms with E-state index >= 15 is 0 Å². The van der Waals surface area contributed by atoms with Crippen LogP contribution < -0.4 is 5.32 Å². The van der Waals surface area contributed by atoms with E-state index in [0.29, 0.717) is 44.0 Å². The second kappa shape index (κ2) is 8.79. The molecule has 0 unspecified atom stereocenters. The van der Waals surface area contributed by atoms with Crippen molar-refractivity contribution in [2.45, 2.75) is 19.3 Å². The molecule has 2 N–H and O–H groups in total. The van der Waals surface area contributed by atoms with Crippen LogP contribution in [0.3, 0.4) is 0 Å². The molecule has 7 nitrogen and oxygen atoms in total. The first-order chi connectivity index (χ1) is 11.5. The largest absolute Gasteiger partial charge is 0.477 e. The SMILES string of the molecule is COCCCNC(=O)C1CCN(C(=O)c2ccc(C(=O)O)s2)CC1. The molecule has 2 heterocycles. The monoisotopic (exact) mass is 354 g/mol. The third-order valence-corrected chi connectivity index (χ3v) is 5.07. The van der Waals surface area contributed by atoms with E-state index in [9.17, 15) is 14.4 Å². The zero-order valence-corrected chi connectivity index (χ0v) is 14.4. The van der Waals surface area contributed by atoms with Gasteiger partial charge in [0.05, 0.1) is 4.88 Å². The minimum atomic E-state index is -1.03. The molecule has 24 heavy (non-hydrogen) atoms. The number of aromatic carboxylic acids is 1. The van der Waals surface area contributed by atoms with Gasteiger partial charge in [-0.05, 0) is 31.4 Å². The van der Waals surface area contributed by atoms with E-state index in [2.05, 4.69) is 5.32 Å². The first kappa shape index (κ1) is 18.4. The Labute approximate surface area is 144 Å². The van der Waals surface area contributed by atoms with E-state index in [1.54, 1.807) is 18.1 Å². The molecule has 0 aliphatic carbocycles. The standard InChI is InChI=1S/C16H22N2O5S/c1-23-10-2-7-17-14(19)11-5-8-18(9-6-11)15(20)12-3-4-13(24-12)16(21)22/h3-4,11H,2,5-10H2,1H3,(H,17,19)(H,21,22). The minimum Gasteiger partial charge on any atom is -0.477 e. The quantitative estimate of drug-likeness (QED) is 0.723. The summed E-state index contributed by atoms with van der Waals surface area (Å²) in [4.78, 5) is 37.6. The number of thiophene rings is 1. The zero-order chi connectivity index (χ0) is 17.5. The first-order valence-corrected chi connectivity index (χ1v) is 8.73. The Hall–Kier alpha value is -1.93. The van der Waals surface area contributed by atoms with Gasteiger partial charge in [0.25, 0.3) is 5.91 Å². The lowest BCUT2D eigenvalue weighted by molar-refractivity contribution is -0.126. The van der Waals surface area contributed by atoms with Gasteiger partial charge in [-0.2, -0.15) is 0 Å². The first-order valence-electron chi connectivity index (χ1n) is 7.92. The van der Waals surface area contributed by atoms with Crippen LogP contribution in [0, 0.1) is 5.92 Å². The normalized spacial score (nSPS) is 15.3. The van der Waals surface area contributed by atoms with Crippen LogP contribution in [-0.2, 0) is 9.53 Å². The Bertz CT molecular complexity index is 593. The van der Waals surface area contributed by atoms with Crippen molar-refractivity contribution in [1.29, 1.82) is 0 Å². The fourth-order valence-electron chi connectivity index (χ4n) is 2.64. The van der Waals surface area contributed by atoms with Gasteiger partial charge in [0, 0.05) is 39.3 Å². The molecule has 0 spiro atoms. The van der Waals surface area contributed by atoms with Gasteiger partial charge in [-0.25, -0.2) is 4.79 Å². The van der Waals surface area contributed by atoms with Crippen LogP contribution in [0.2, 0.25) is 0 Å². The van der Waals surface area contributed by atoms with Crippen molar-refractivity contribution < 1.29 is 24.2 Å². The molecule has 1 aliphatic rings. The highest BCUT2D eigenvalue weighted by molar-refractivity contribution is 7.15. The Morgan fingerprint density at radius 3 is 2.54 bits per heavy atom. The molecule has 132 valence electrons. The summed E-state index contributed by atoms with van der Waals surface area (Å²) in [5, 5.41) is 11.8. The topological polar surface area (TPSA) is 95.9 Å². The van der Waals surface area contributed by atoms with Gasteiger partial charge in [-0.3, -0.25) is 9.59 Å². The summed E-state index contributed by atoms with van der Waals surface area (Å²) in [6, 6.07) is 2.99. The lowest BCUT2D eigenvalue weighted by Gasteiger charge is -2.31. The average molecular weight is 354 g/mol. The molecule has 0 atom stereocenters. The lowest BCUT2D eigenvalue weighted by Crippen LogP contribution is -2.43. The third kappa shape index (κ3) is 4.78. The van der Waals surface area contributed by atoms with E-state index < -0.39 is 5.97 Å². The van der Waals surface area contributed by atoms with Crippen molar-refractivity contribution in [2.75, 3.05) is 33.4 Å². The van der Waals surface area contributed by atoms with E-state index in [1.165, 1.54) is 6.07 Å². The highest BCUT2D eigenvalue weighted by Gasteiger charge is 2.28. The Morgan fingerprint density at radius 1 is 1.29 bits per heavy atom. The highest BCUT2D eigenvalue weighted by atomic mass is 32.1. The number of carboxylic acid groups (broad SMARTS) is 1. The second-order valence-corrected chi connectivity index (χ2v) is 6.76. The van der Waals surface area contributed by atoms with Crippen molar-refractivity contribution in [3.05, 3.63) is 21.9 Å². The number of hydrogen-bond acceptors (Lipinski definition) is 5. The molecule has 1 aromatic rings. The van der Waals surface area contributed by atoms with E-state index in [-0.39, 0.29) is 22.6 Å². The number of piperidine rings is 1. The van der Waals surface area contributed by atoms with Crippen molar-refractivity contribution in [3.63, 3.8) is 0 Å². The van der Waals surface area contributed by atoms with Crippen LogP contribution in [-0.4, -0.2) is 61.1 Å². The summed E-state index contributed by atoms with van der Waals surface area (Å²) in [7, 11) is 1.63. The van der Waals surface area contributed by atoms with Crippen LogP contribution in [0.4, 0.5) is 0 Å². The number of likely N-dealkylation sites (tertiary alicyclic amines) is 1. The van der Waals surface area contributed by atoms with Gasteiger partial charge >= 0.3 is 5.97 Å². The predicted octanol–water partition coefficient (Wildman–Crippen LogP) is 1.45. The summed E-state index contributed by atoms with van der Waals surface area (Å²) in [5.41, 5.74) is 0. The number of carbonyl (C=O) groups excluding carboxylic acids is 2. The number of nitrogens with one attached hydrogen (secondary N) is 1. The van der Waals surface area contributed by atoms with Crippen LogP contribution >= 0.6 is 11.3 Å². The van der Waals surface area contributed by atoms with E-state index in [4.69, 9.17) is 9.84 Å². The summed E-state index contributed by atoms with van der Waals surface area (Å²) in [6.07, 6.45) is 2.03. The van der Waals surface area contributed by atoms with Crippen molar-refractivity contribution in [2.24, 2.45) is 5.92 Å². The van der Waals surface area contributed by atoms with E-state index in [1.807, 2.05) is 0 Å². The molecule has 1 fully saturated rings. The molecule has 0 saturated carbocycles. The van der Waals surface area contributed by atoms with Crippen LogP contribution in [0.5, 0.6) is 0 Å². The Kier molecular flexibility index (Phi) is 6.74. The maximum absolute atomic E-state index is 12.4. The molecule has 8 heteroatoms. The van der Waals surface area contributed by atoms with Crippen molar-refractivity contribution >= 4 is 29.1 Å². The van der Waals surface area contributed by atoms with Crippen LogP contribution in [0.1, 0.15) is 38.6 Å². The molecule has 0 radical (unpaired) electrons. The molecule has 2 amide bonds. The number of rotatable bonds is 7. The molecule has 2 rings (SSSR count). The van der Waals surface area contributed by atoms with Gasteiger partial charge in [0.1, 0.15) is 4.88 Å². The van der Waals surface area contributed by atoms with Gasteiger partial charge < -0.3 is 20.1 Å². The fraction of sp³-hybridized carbons (Fsp3) is 0.562. The van der Waals surface area contributed by atoms with Gasteiger partial charge in [0.2, 0.25) is 5.91 Å². The highest BCUT2D eigenvalue weighted by Crippen LogP contribution is 2.23. The molecule has 0 aromatic carbocycles. The molecule has 0 bridgehead atoms. The minimum absolute atomic E-state index is 0.0301. The second-order valence-electron chi connectivity index (χ2n) is 5.67. The van der Waals surface area contributed by atoms with Crippen LogP contribution in [0.25, 0.3) is 0 Å². The molecular formula is C16H22N2O5S. The summed E-state index contributed by atoms with van der Waals surface area (Å²) in [5.74, 6) is -1.23. The fourth-order valence-corrected chi connectivity index (χ4v) is 3.45. The lowest BCUT2D eigenvalue weighted by atomic mass is 9.95. The molecule has 1 saturated heterocycles. The number of ether oxygens (including phenoxy) is 1.